The summed E-state index contributed by atoms with van der Waals surface area (Å²) in [4.78, 5) is 18.4. The van der Waals surface area contributed by atoms with Crippen LogP contribution in [-0.4, -0.2) is 44.9 Å². The maximum Gasteiger partial charge on any atom is 0.276 e. The van der Waals surface area contributed by atoms with Crippen LogP contribution in [0.1, 0.15) is 26.8 Å². The summed E-state index contributed by atoms with van der Waals surface area (Å²) < 4.78 is 6.79. The maximum atomic E-state index is 12.5. The number of aromatic nitrogens is 4. The summed E-state index contributed by atoms with van der Waals surface area (Å²) in [5, 5.41) is 11.0. The number of rotatable bonds is 6. The quantitative estimate of drug-likeness (QED) is 0.677. The van der Waals surface area contributed by atoms with E-state index in [1.165, 1.54) is 0 Å². The van der Waals surface area contributed by atoms with Crippen LogP contribution >= 0.6 is 11.3 Å². The predicted molar refractivity (Wildman–Crippen MR) is 94.8 cm³/mol. The third-order valence-corrected chi connectivity index (χ3v) is 4.50. The van der Waals surface area contributed by atoms with Crippen LogP contribution in [0.25, 0.3) is 0 Å². The van der Waals surface area contributed by atoms with Crippen molar-refractivity contribution in [2.45, 2.75) is 20.0 Å². The summed E-state index contributed by atoms with van der Waals surface area (Å²) in [5.41, 5.74) is 2.25. The molecule has 1 aromatic carbocycles. The predicted octanol–water partition coefficient (Wildman–Crippen LogP) is 2.37. The summed E-state index contributed by atoms with van der Waals surface area (Å²) in [6.45, 7) is 2.94. The fourth-order valence-corrected chi connectivity index (χ4v) is 2.99. The van der Waals surface area contributed by atoms with Gasteiger partial charge >= 0.3 is 0 Å². The first-order valence-corrected chi connectivity index (χ1v) is 8.62. The first kappa shape index (κ1) is 17.1. The third kappa shape index (κ3) is 4.21. The van der Waals surface area contributed by atoms with Gasteiger partial charge in [-0.25, -0.2) is 9.67 Å². The number of thiazole rings is 1. The summed E-state index contributed by atoms with van der Waals surface area (Å²) in [5.74, 6) is 0.628. The molecule has 0 aliphatic carbocycles. The number of amides is 1. The molecular formula is C17H19N5O2S. The van der Waals surface area contributed by atoms with Crippen LogP contribution < -0.4 is 4.74 Å². The second-order valence-electron chi connectivity index (χ2n) is 5.67. The van der Waals surface area contributed by atoms with Gasteiger partial charge in [-0.15, -0.1) is 16.4 Å². The highest BCUT2D eigenvalue weighted by Crippen LogP contribution is 2.13. The van der Waals surface area contributed by atoms with Gasteiger partial charge in [0.15, 0.2) is 5.69 Å². The summed E-state index contributed by atoms with van der Waals surface area (Å²) in [7, 11) is 3.37. The van der Waals surface area contributed by atoms with Gasteiger partial charge in [-0.05, 0) is 24.6 Å². The largest absolute Gasteiger partial charge is 0.497 e. The normalized spacial score (nSPS) is 10.7. The van der Waals surface area contributed by atoms with E-state index >= 15 is 0 Å². The molecule has 0 fully saturated rings. The van der Waals surface area contributed by atoms with E-state index in [0.717, 1.165) is 22.0 Å². The van der Waals surface area contributed by atoms with E-state index in [0.29, 0.717) is 18.8 Å². The lowest BCUT2D eigenvalue weighted by atomic mass is 10.2. The minimum atomic E-state index is -0.174. The van der Waals surface area contributed by atoms with Crippen molar-refractivity contribution in [3.63, 3.8) is 0 Å². The molecule has 0 saturated carbocycles. The van der Waals surface area contributed by atoms with Crippen molar-refractivity contribution in [2.75, 3.05) is 14.2 Å². The molecule has 8 heteroatoms. The Morgan fingerprint density at radius 2 is 2.08 bits per heavy atom. The topological polar surface area (TPSA) is 73.1 Å². The molecule has 3 aromatic rings. The number of hydrogen-bond donors (Lipinski definition) is 0. The number of nitrogens with zero attached hydrogens (tertiary/aromatic N) is 5. The molecule has 3 rings (SSSR count). The molecular weight excluding hydrogens is 338 g/mol. The number of hydrogen-bond acceptors (Lipinski definition) is 6. The van der Waals surface area contributed by atoms with Crippen LogP contribution in [0.4, 0.5) is 0 Å². The lowest BCUT2D eigenvalue weighted by molar-refractivity contribution is 0.0777. The number of carbonyl (C=O) groups excluding carboxylic acids is 1. The highest BCUT2D eigenvalue weighted by atomic mass is 32.1. The number of aryl methyl sites for hydroxylation is 1. The van der Waals surface area contributed by atoms with Gasteiger partial charge in [-0.1, -0.05) is 17.3 Å². The fourth-order valence-electron chi connectivity index (χ4n) is 2.38. The molecule has 0 spiro atoms. The molecule has 7 nitrogen and oxygen atoms in total. The molecule has 1 amide bonds. The van der Waals surface area contributed by atoms with Gasteiger partial charge < -0.3 is 9.64 Å². The second kappa shape index (κ2) is 7.43. The summed E-state index contributed by atoms with van der Waals surface area (Å²) in [6.07, 6.45) is 1.66. The molecule has 2 aromatic heterocycles. The van der Waals surface area contributed by atoms with Crippen molar-refractivity contribution in [3.8, 4) is 5.75 Å². The summed E-state index contributed by atoms with van der Waals surface area (Å²) >= 11 is 1.57. The van der Waals surface area contributed by atoms with Crippen LogP contribution in [0.15, 0.2) is 35.8 Å². The molecule has 130 valence electrons. The average Bonchev–Trinajstić information content (AvgIpc) is 3.24. The zero-order chi connectivity index (χ0) is 17.8. The van der Waals surface area contributed by atoms with Crippen molar-refractivity contribution in [1.29, 1.82) is 0 Å². The van der Waals surface area contributed by atoms with Crippen molar-refractivity contribution in [2.24, 2.45) is 0 Å². The lowest BCUT2D eigenvalue weighted by Gasteiger charge is -2.13. The van der Waals surface area contributed by atoms with Crippen LogP contribution in [-0.2, 0) is 13.1 Å². The van der Waals surface area contributed by atoms with Crippen LogP contribution in [0.5, 0.6) is 5.75 Å². The molecule has 0 bridgehead atoms. The molecule has 0 saturated heterocycles. The van der Waals surface area contributed by atoms with E-state index in [-0.39, 0.29) is 5.91 Å². The highest BCUT2D eigenvalue weighted by Gasteiger charge is 2.17. The van der Waals surface area contributed by atoms with Gasteiger partial charge in [0.05, 0.1) is 37.1 Å². The van der Waals surface area contributed by atoms with Gasteiger partial charge in [0.25, 0.3) is 5.91 Å². The first-order valence-electron chi connectivity index (χ1n) is 7.74. The molecule has 25 heavy (non-hydrogen) atoms. The Hall–Kier alpha value is -2.74. The smallest absolute Gasteiger partial charge is 0.276 e. The number of benzene rings is 1. The molecule has 0 aliphatic heterocycles. The van der Waals surface area contributed by atoms with Crippen molar-refractivity contribution in [1.82, 2.24) is 24.9 Å². The van der Waals surface area contributed by atoms with Crippen LogP contribution in [0, 0.1) is 6.92 Å². The van der Waals surface area contributed by atoms with Gasteiger partial charge in [-0.2, -0.15) is 0 Å². The maximum absolute atomic E-state index is 12.5. The fraction of sp³-hybridized carbons (Fsp3) is 0.294. The third-order valence-electron chi connectivity index (χ3n) is 3.67. The van der Waals surface area contributed by atoms with Crippen molar-refractivity contribution < 1.29 is 9.53 Å². The highest BCUT2D eigenvalue weighted by molar-refractivity contribution is 7.09. The molecule has 2 heterocycles. The number of carbonyl (C=O) groups is 1. The first-order chi connectivity index (χ1) is 12.0. The number of ether oxygens (including phenoxy) is 1. The van der Waals surface area contributed by atoms with E-state index in [2.05, 4.69) is 15.3 Å². The lowest BCUT2D eigenvalue weighted by Crippen LogP contribution is -2.26. The van der Waals surface area contributed by atoms with Gasteiger partial charge in [0.2, 0.25) is 0 Å². The van der Waals surface area contributed by atoms with E-state index in [1.54, 1.807) is 41.3 Å². The Morgan fingerprint density at radius 3 is 2.72 bits per heavy atom. The Labute approximate surface area is 149 Å². The molecule has 0 radical (unpaired) electrons. The Balaban J connectivity index is 1.64. The molecule has 0 N–H and O–H groups in total. The van der Waals surface area contributed by atoms with Crippen molar-refractivity contribution in [3.05, 3.63) is 57.8 Å². The van der Waals surface area contributed by atoms with E-state index in [9.17, 15) is 4.79 Å². The standard InChI is InChI=1S/C17H19N5O2S/c1-12-18-14(11-25-12)9-21(2)17(23)16-10-22(20-19-16)8-13-4-6-15(24-3)7-5-13/h4-7,10-11H,8-9H2,1-3H3. The Morgan fingerprint density at radius 1 is 1.32 bits per heavy atom. The monoisotopic (exact) mass is 357 g/mol. The van der Waals surface area contributed by atoms with Crippen LogP contribution in [0.2, 0.25) is 0 Å². The Kier molecular flexibility index (Phi) is 5.08. The zero-order valence-corrected chi connectivity index (χ0v) is 15.2. The molecule has 0 atom stereocenters. The van der Waals surface area contributed by atoms with Crippen LogP contribution in [0.3, 0.4) is 0 Å². The van der Waals surface area contributed by atoms with Gasteiger partial charge in [0.1, 0.15) is 5.75 Å². The minimum absolute atomic E-state index is 0.174. The molecule has 0 aliphatic rings. The number of methoxy groups -OCH3 is 1. The molecule has 0 unspecified atom stereocenters. The SMILES string of the molecule is COc1ccc(Cn2cc(C(=O)N(C)Cc3csc(C)n3)nn2)cc1. The summed E-state index contributed by atoms with van der Waals surface area (Å²) in [6, 6.07) is 7.70. The van der Waals surface area contributed by atoms with Gasteiger partial charge in [0, 0.05) is 12.4 Å². The van der Waals surface area contributed by atoms with E-state index in [4.69, 9.17) is 4.74 Å². The minimum Gasteiger partial charge on any atom is -0.497 e. The van der Waals surface area contributed by atoms with E-state index in [1.807, 2.05) is 36.6 Å². The zero-order valence-electron chi connectivity index (χ0n) is 14.3. The second-order valence-corrected chi connectivity index (χ2v) is 6.73. The van der Waals surface area contributed by atoms with E-state index < -0.39 is 0 Å². The van der Waals surface area contributed by atoms with Gasteiger partial charge in [-0.3, -0.25) is 4.79 Å². The average molecular weight is 357 g/mol. The Bertz CT molecular complexity index is 856. The van der Waals surface area contributed by atoms with Crippen molar-refractivity contribution >= 4 is 17.2 Å².